The van der Waals surface area contributed by atoms with Crippen LogP contribution >= 0.6 is 0 Å². The Morgan fingerprint density at radius 2 is 1.74 bits per heavy atom. The zero-order chi connectivity index (χ0) is 17.4. The summed E-state index contributed by atoms with van der Waals surface area (Å²) in [6.45, 7) is 9.00. The van der Waals surface area contributed by atoms with Gasteiger partial charge < -0.3 is 9.84 Å². The summed E-state index contributed by atoms with van der Waals surface area (Å²) in [4.78, 5) is 26.8. The summed E-state index contributed by atoms with van der Waals surface area (Å²) >= 11 is 0. The van der Waals surface area contributed by atoms with Crippen molar-refractivity contribution < 1.29 is 19.4 Å². The number of hydrogen-bond donors (Lipinski definition) is 1. The third-order valence-electron chi connectivity index (χ3n) is 3.78. The maximum Gasteiger partial charge on any atom is 0.331 e. The highest BCUT2D eigenvalue weighted by atomic mass is 16.6. The standard InChI is InChI=1S/C18H25NO4/c1-17(2,3)16-19(14(20)12-9-7-6-8-10-12)13(15(21)23-16)11-18(4,5)22/h6-10,13,16,22H,11H2,1-5H3/t13-,16+/m1/s1. The number of nitrogens with zero attached hydrogens (tertiary/aromatic N) is 1. The van der Waals surface area contributed by atoms with E-state index in [0.717, 1.165) is 0 Å². The highest BCUT2D eigenvalue weighted by Crippen LogP contribution is 2.36. The zero-order valence-corrected chi connectivity index (χ0v) is 14.4. The van der Waals surface area contributed by atoms with Gasteiger partial charge in [0.1, 0.15) is 6.04 Å². The highest BCUT2D eigenvalue weighted by Gasteiger charge is 2.51. The largest absolute Gasteiger partial charge is 0.439 e. The van der Waals surface area contributed by atoms with Crippen LogP contribution in [-0.4, -0.2) is 39.8 Å². The van der Waals surface area contributed by atoms with Crippen molar-refractivity contribution in [3.63, 3.8) is 0 Å². The number of aliphatic hydroxyl groups is 1. The predicted molar refractivity (Wildman–Crippen MR) is 86.6 cm³/mol. The van der Waals surface area contributed by atoms with Gasteiger partial charge in [-0.05, 0) is 26.0 Å². The molecule has 1 aliphatic rings. The van der Waals surface area contributed by atoms with Crippen molar-refractivity contribution >= 4 is 11.9 Å². The van der Waals surface area contributed by atoms with Crippen molar-refractivity contribution in [3.05, 3.63) is 35.9 Å². The lowest BCUT2D eigenvalue weighted by molar-refractivity contribution is -0.147. The number of rotatable bonds is 3. The number of cyclic esters (lactones) is 1. The molecule has 2 atom stereocenters. The lowest BCUT2D eigenvalue weighted by Crippen LogP contribution is -2.49. The first kappa shape index (κ1) is 17.5. The molecule has 1 fully saturated rings. The van der Waals surface area contributed by atoms with E-state index in [4.69, 9.17) is 4.74 Å². The van der Waals surface area contributed by atoms with E-state index in [2.05, 4.69) is 0 Å². The number of carbonyl (C=O) groups excluding carboxylic acids is 2. The fourth-order valence-corrected chi connectivity index (χ4v) is 2.75. The normalized spacial score (nSPS) is 22.2. The molecular weight excluding hydrogens is 294 g/mol. The zero-order valence-electron chi connectivity index (χ0n) is 14.4. The Labute approximate surface area is 137 Å². The van der Waals surface area contributed by atoms with E-state index in [1.807, 2.05) is 26.8 Å². The van der Waals surface area contributed by atoms with Crippen LogP contribution in [0.1, 0.15) is 51.4 Å². The van der Waals surface area contributed by atoms with E-state index in [9.17, 15) is 14.7 Å². The van der Waals surface area contributed by atoms with E-state index in [1.165, 1.54) is 4.90 Å². The van der Waals surface area contributed by atoms with E-state index in [-0.39, 0.29) is 12.3 Å². The second kappa shape index (κ2) is 5.96. The first-order chi connectivity index (χ1) is 10.5. The van der Waals surface area contributed by atoms with Crippen LogP contribution in [-0.2, 0) is 9.53 Å². The summed E-state index contributed by atoms with van der Waals surface area (Å²) in [5.41, 5.74) is -0.999. The Hall–Kier alpha value is -1.88. The van der Waals surface area contributed by atoms with Crippen molar-refractivity contribution in [2.24, 2.45) is 5.41 Å². The molecule has 1 aromatic carbocycles. The highest BCUT2D eigenvalue weighted by molar-refractivity contribution is 5.98. The predicted octanol–water partition coefficient (Wildman–Crippen LogP) is 2.59. The second-order valence-electron chi connectivity index (χ2n) is 7.77. The third-order valence-corrected chi connectivity index (χ3v) is 3.78. The summed E-state index contributed by atoms with van der Waals surface area (Å²) in [5, 5.41) is 10.1. The van der Waals surface area contributed by atoms with Gasteiger partial charge in [0.05, 0.1) is 5.60 Å². The molecule has 5 nitrogen and oxygen atoms in total. The first-order valence-corrected chi connectivity index (χ1v) is 7.81. The van der Waals surface area contributed by atoms with Crippen LogP contribution in [0.5, 0.6) is 0 Å². The number of carbonyl (C=O) groups is 2. The molecule has 2 rings (SSSR count). The molecule has 0 unspecified atom stereocenters. The Morgan fingerprint density at radius 3 is 2.22 bits per heavy atom. The number of hydrogen-bond acceptors (Lipinski definition) is 4. The molecule has 0 bridgehead atoms. The van der Waals surface area contributed by atoms with Gasteiger partial charge in [-0.1, -0.05) is 39.0 Å². The number of esters is 1. The van der Waals surface area contributed by atoms with E-state index in [0.29, 0.717) is 5.56 Å². The fraction of sp³-hybridized carbons (Fsp3) is 0.556. The van der Waals surface area contributed by atoms with Gasteiger partial charge in [0.2, 0.25) is 0 Å². The van der Waals surface area contributed by atoms with Gasteiger partial charge in [0.15, 0.2) is 6.23 Å². The molecule has 0 radical (unpaired) electrons. The van der Waals surface area contributed by atoms with Crippen LogP contribution in [0.15, 0.2) is 30.3 Å². The Morgan fingerprint density at radius 1 is 1.17 bits per heavy atom. The second-order valence-corrected chi connectivity index (χ2v) is 7.77. The summed E-state index contributed by atoms with van der Waals surface area (Å²) in [5.74, 6) is -0.720. The molecule has 1 N–H and O–H groups in total. The number of amides is 1. The van der Waals surface area contributed by atoms with Crippen molar-refractivity contribution in [2.75, 3.05) is 0 Å². The molecule has 1 aliphatic heterocycles. The minimum Gasteiger partial charge on any atom is -0.439 e. The van der Waals surface area contributed by atoms with E-state index >= 15 is 0 Å². The molecule has 0 spiro atoms. The Bertz CT molecular complexity index is 583. The van der Waals surface area contributed by atoms with Crippen LogP contribution < -0.4 is 0 Å². The molecule has 1 amide bonds. The first-order valence-electron chi connectivity index (χ1n) is 7.81. The summed E-state index contributed by atoms with van der Waals surface area (Å²) in [6.07, 6.45) is -0.521. The van der Waals surface area contributed by atoms with Gasteiger partial charge in [-0.25, -0.2) is 4.79 Å². The third kappa shape index (κ3) is 3.91. The van der Waals surface area contributed by atoms with Gasteiger partial charge >= 0.3 is 5.97 Å². The quantitative estimate of drug-likeness (QED) is 0.870. The minimum absolute atomic E-state index is 0.136. The molecule has 0 aromatic heterocycles. The van der Waals surface area contributed by atoms with Gasteiger partial charge in [-0.15, -0.1) is 0 Å². The minimum atomic E-state index is -1.08. The van der Waals surface area contributed by atoms with Crippen molar-refractivity contribution in [2.45, 2.75) is 58.9 Å². The number of ether oxygens (including phenoxy) is 1. The Kier molecular flexibility index (Phi) is 4.53. The molecule has 0 saturated carbocycles. The lowest BCUT2D eigenvalue weighted by Gasteiger charge is -2.35. The van der Waals surface area contributed by atoms with Crippen LogP contribution in [0.2, 0.25) is 0 Å². The van der Waals surface area contributed by atoms with Crippen LogP contribution in [0.25, 0.3) is 0 Å². The SMILES string of the molecule is CC(C)(O)C[C@@H]1C(=O)O[C@@H](C(C)(C)C)N1C(=O)c1ccccc1. The summed E-state index contributed by atoms with van der Waals surface area (Å²) < 4.78 is 5.49. The van der Waals surface area contributed by atoms with Crippen molar-refractivity contribution in [1.29, 1.82) is 0 Å². The number of benzene rings is 1. The maximum absolute atomic E-state index is 13.0. The molecule has 1 aromatic rings. The average molecular weight is 319 g/mol. The van der Waals surface area contributed by atoms with Crippen LogP contribution in [0.4, 0.5) is 0 Å². The van der Waals surface area contributed by atoms with Crippen molar-refractivity contribution in [1.82, 2.24) is 4.90 Å². The van der Waals surface area contributed by atoms with Gasteiger partial charge in [-0.2, -0.15) is 0 Å². The monoisotopic (exact) mass is 319 g/mol. The van der Waals surface area contributed by atoms with Gasteiger partial charge in [-0.3, -0.25) is 9.69 Å². The maximum atomic E-state index is 13.0. The molecular formula is C18H25NO4. The van der Waals surface area contributed by atoms with E-state index in [1.54, 1.807) is 38.1 Å². The van der Waals surface area contributed by atoms with Gasteiger partial charge in [0.25, 0.3) is 5.91 Å². The summed E-state index contributed by atoms with van der Waals surface area (Å²) in [6, 6.07) is 8.04. The van der Waals surface area contributed by atoms with Crippen LogP contribution in [0.3, 0.4) is 0 Å². The topological polar surface area (TPSA) is 66.8 Å². The fourth-order valence-electron chi connectivity index (χ4n) is 2.75. The van der Waals surface area contributed by atoms with E-state index < -0.39 is 29.3 Å². The lowest BCUT2D eigenvalue weighted by atomic mass is 9.91. The summed E-state index contributed by atoms with van der Waals surface area (Å²) in [7, 11) is 0. The Balaban J connectivity index is 2.41. The van der Waals surface area contributed by atoms with Gasteiger partial charge in [0, 0.05) is 17.4 Å². The molecule has 126 valence electrons. The van der Waals surface area contributed by atoms with Crippen LogP contribution in [0, 0.1) is 5.41 Å². The molecule has 1 saturated heterocycles. The smallest absolute Gasteiger partial charge is 0.331 e. The molecule has 5 heteroatoms. The molecule has 1 heterocycles. The average Bonchev–Trinajstić information content (AvgIpc) is 2.74. The van der Waals surface area contributed by atoms with Crippen molar-refractivity contribution in [3.8, 4) is 0 Å². The molecule has 23 heavy (non-hydrogen) atoms. The molecule has 0 aliphatic carbocycles.